The van der Waals surface area contributed by atoms with Crippen LogP contribution in [0.3, 0.4) is 0 Å². The fourth-order valence-electron chi connectivity index (χ4n) is 1.11. The standard InChI is InChI=1S/C12H16ClN3S/c1-14-10-17-12(8-13)9-15-16(2)11-6-4-3-5-7-11/h3-9,14H,10H2,1-2H3/b12-8+,15-9+. The van der Waals surface area contributed by atoms with Crippen LogP contribution in [0.4, 0.5) is 5.69 Å². The second kappa shape index (κ2) is 8.17. The van der Waals surface area contributed by atoms with Crippen LogP contribution >= 0.6 is 23.4 Å². The first kappa shape index (κ1) is 14.1. The zero-order valence-corrected chi connectivity index (χ0v) is 11.5. The molecule has 0 saturated carbocycles. The van der Waals surface area contributed by atoms with Gasteiger partial charge >= 0.3 is 0 Å². The van der Waals surface area contributed by atoms with E-state index >= 15 is 0 Å². The molecular weight excluding hydrogens is 254 g/mol. The minimum absolute atomic E-state index is 0.805. The van der Waals surface area contributed by atoms with Crippen LogP contribution < -0.4 is 10.3 Å². The topological polar surface area (TPSA) is 27.6 Å². The van der Waals surface area contributed by atoms with E-state index < -0.39 is 0 Å². The number of rotatable bonds is 6. The highest BCUT2D eigenvalue weighted by atomic mass is 35.5. The zero-order chi connectivity index (χ0) is 12.5. The number of allylic oxidation sites excluding steroid dienone is 1. The smallest absolute Gasteiger partial charge is 0.0619 e. The van der Waals surface area contributed by atoms with Gasteiger partial charge in [-0.3, -0.25) is 5.01 Å². The Hall–Kier alpha value is -0.970. The molecule has 0 saturated heterocycles. The van der Waals surface area contributed by atoms with Crippen molar-refractivity contribution in [3.8, 4) is 0 Å². The predicted molar refractivity (Wildman–Crippen MR) is 78.8 cm³/mol. The molecule has 0 bridgehead atoms. The molecule has 0 aliphatic heterocycles. The monoisotopic (exact) mass is 269 g/mol. The number of thioether (sulfide) groups is 1. The molecule has 0 aromatic heterocycles. The van der Waals surface area contributed by atoms with Gasteiger partial charge in [0.1, 0.15) is 0 Å². The molecule has 1 rings (SSSR count). The lowest BCUT2D eigenvalue weighted by Crippen LogP contribution is -2.09. The van der Waals surface area contributed by atoms with Gasteiger partial charge < -0.3 is 5.32 Å². The normalized spacial score (nSPS) is 12.1. The van der Waals surface area contributed by atoms with E-state index in [2.05, 4.69) is 10.4 Å². The molecule has 0 aliphatic carbocycles. The van der Waals surface area contributed by atoms with Crippen molar-refractivity contribution in [2.24, 2.45) is 5.10 Å². The summed E-state index contributed by atoms with van der Waals surface area (Å²) in [5, 5.41) is 9.17. The highest BCUT2D eigenvalue weighted by Gasteiger charge is 1.97. The van der Waals surface area contributed by atoms with Crippen LogP contribution in [0.1, 0.15) is 0 Å². The van der Waals surface area contributed by atoms with Gasteiger partial charge in [-0.25, -0.2) is 0 Å². The third-order valence-corrected chi connectivity index (χ3v) is 3.33. The molecule has 1 aromatic carbocycles. The van der Waals surface area contributed by atoms with Crippen LogP contribution in [0, 0.1) is 0 Å². The molecular formula is C12H16ClN3S. The lowest BCUT2D eigenvalue weighted by molar-refractivity contribution is 0.985. The predicted octanol–water partition coefficient (Wildman–Crippen LogP) is 3.10. The summed E-state index contributed by atoms with van der Waals surface area (Å²) in [5.41, 5.74) is 2.57. The largest absolute Gasteiger partial charge is 0.311 e. The molecule has 17 heavy (non-hydrogen) atoms. The summed E-state index contributed by atoms with van der Waals surface area (Å²) in [5.74, 6) is 0.805. The molecule has 1 N–H and O–H groups in total. The van der Waals surface area contributed by atoms with Gasteiger partial charge in [0, 0.05) is 23.4 Å². The summed E-state index contributed by atoms with van der Waals surface area (Å²) in [7, 11) is 3.80. The molecule has 0 unspecified atom stereocenters. The number of hydrazone groups is 1. The molecule has 0 radical (unpaired) electrons. The van der Waals surface area contributed by atoms with E-state index in [9.17, 15) is 0 Å². The first-order valence-corrected chi connectivity index (χ1v) is 6.60. The summed E-state index contributed by atoms with van der Waals surface area (Å²) < 4.78 is 0. The van der Waals surface area contributed by atoms with E-state index in [4.69, 9.17) is 11.6 Å². The van der Waals surface area contributed by atoms with E-state index in [0.717, 1.165) is 16.5 Å². The number of para-hydroxylation sites is 1. The first-order chi connectivity index (χ1) is 8.27. The zero-order valence-electron chi connectivity index (χ0n) is 9.93. The molecule has 0 aliphatic rings. The fraction of sp³-hybridized carbons (Fsp3) is 0.250. The van der Waals surface area contributed by atoms with Crippen LogP contribution in [0.15, 0.2) is 45.9 Å². The number of hydrogen-bond donors (Lipinski definition) is 1. The maximum atomic E-state index is 5.71. The molecule has 0 spiro atoms. The molecule has 0 atom stereocenters. The number of hydrogen-bond acceptors (Lipinski definition) is 4. The van der Waals surface area contributed by atoms with Gasteiger partial charge in [0.25, 0.3) is 0 Å². The average molecular weight is 270 g/mol. The van der Waals surface area contributed by atoms with Crippen molar-refractivity contribution in [1.82, 2.24) is 5.32 Å². The van der Waals surface area contributed by atoms with E-state index in [1.165, 1.54) is 5.54 Å². The van der Waals surface area contributed by atoms with Gasteiger partial charge in [0.15, 0.2) is 0 Å². The number of anilines is 1. The lowest BCUT2D eigenvalue weighted by Gasteiger charge is -2.12. The highest BCUT2D eigenvalue weighted by Crippen LogP contribution is 2.15. The molecule has 0 heterocycles. The van der Waals surface area contributed by atoms with Crippen molar-refractivity contribution >= 4 is 35.3 Å². The lowest BCUT2D eigenvalue weighted by atomic mass is 10.3. The molecule has 0 amide bonds. The van der Waals surface area contributed by atoms with Crippen LogP contribution in [-0.2, 0) is 0 Å². The maximum Gasteiger partial charge on any atom is 0.0619 e. The second-order valence-electron chi connectivity index (χ2n) is 3.26. The average Bonchev–Trinajstić information content (AvgIpc) is 2.39. The van der Waals surface area contributed by atoms with E-state index in [1.807, 2.05) is 44.4 Å². The van der Waals surface area contributed by atoms with Crippen LogP contribution in [0.25, 0.3) is 0 Å². The van der Waals surface area contributed by atoms with E-state index in [0.29, 0.717) is 0 Å². The summed E-state index contributed by atoms with van der Waals surface area (Å²) in [6.07, 6.45) is 1.75. The highest BCUT2D eigenvalue weighted by molar-refractivity contribution is 8.03. The van der Waals surface area contributed by atoms with E-state index in [1.54, 1.807) is 23.0 Å². The quantitative estimate of drug-likeness (QED) is 0.489. The van der Waals surface area contributed by atoms with Crippen molar-refractivity contribution < 1.29 is 0 Å². The van der Waals surface area contributed by atoms with Crippen LogP contribution in [0.5, 0.6) is 0 Å². The Morgan fingerprint density at radius 3 is 2.76 bits per heavy atom. The third-order valence-electron chi connectivity index (χ3n) is 1.98. The van der Waals surface area contributed by atoms with Crippen molar-refractivity contribution in [2.75, 3.05) is 25.0 Å². The van der Waals surface area contributed by atoms with Crippen molar-refractivity contribution in [2.45, 2.75) is 0 Å². The number of nitrogens with one attached hydrogen (secondary N) is 1. The van der Waals surface area contributed by atoms with Gasteiger partial charge in [0.05, 0.1) is 11.9 Å². The summed E-state index contributed by atoms with van der Waals surface area (Å²) in [4.78, 5) is 0.920. The Kier molecular flexibility index (Phi) is 6.77. The summed E-state index contributed by atoms with van der Waals surface area (Å²) in [6.45, 7) is 0. The Morgan fingerprint density at radius 2 is 2.18 bits per heavy atom. The maximum absolute atomic E-state index is 5.71. The minimum Gasteiger partial charge on any atom is -0.311 e. The first-order valence-electron chi connectivity index (χ1n) is 5.18. The fourth-order valence-corrected chi connectivity index (χ4v) is 1.85. The molecule has 3 nitrogen and oxygen atoms in total. The second-order valence-corrected chi connectivity index (χ2v) is 4.52. The van der Waals surface area contributed by atoms with Gasteiger partial charge in [-0.2, -0.15) is 5.10 Å². The van der Waals surface area contributed by atoms with E-state index in [-0.39, 0.29) is 0 Å². The minimum atomic E-state index is 0.805. The Balaban J connectivity index is 2.58. The Morgan fingerprint density at radius 1 is 1.47 bits per heavy atom. The number of nitrogens with zero attached hydrogens (tertiary/aromatic N) is 2. The SMILES string of the molecule is CNCSC(/C=N/N(C)c1ccccc1)=C/Cl. The number of halogens is 1. The molecule has 1 aromatic rings. The Labute approximate surface area is 112 Å². The van der Waals surface area contributed by atoms with Crippen molar-refractivity contribution in [3.63, 3.8) is 0 Å². The summed E-state index contributed by atoms with van der Waals surface area (Å²) in [6, 6.07) is 9.95. The van der Waals surface area contributed by atoms with Crippen molar-refractivity contribution in [1.29, 1.82) is 0 Å². The van der Waals surface area contributed by atoms with Gasteiger partial charge in [-0.05, 0) is 19.2 Å². The summed E-state index contributed by atoms with van der Waals surface area (Å²) >= 11 is 7.31. The molecule has 5 heteroatoms. The number of benzene rings is 1. The van der Waals surface area contributed by atoms with Gasteiger partial charge in [-0.15, -0.1) is 11.8 Å². The molecule has 0 fully saturated rings. The Bertz CT molecular complexity index is 379. The van der Waals surface area contributed by atoms with Crippen LogP contribution in [-0.4, -0.2) is 26.2 Å². The molecule has 92 valence electrons. The van der Waals surface area contributed by atoms with Gasteiger partial charge in [-0.1, -0.05) is 29.8 Å². The van der Waals surface area contributed by atoms with Crippen molar-refractivity contribution in [3.05, 3.63) is 40.8 Å². The van der Waals surface area contributed by atoms with Gasteiger partial charge in [0.2, 0.25) is 0 Å². The third kappa shape index (κ3) is 5.26. The van der Waals surface area contributed by atoms with Crippen LogP contribution in [0.2, 0.25) is 0 Å².